The van der Waals surface area contributed by atoms with Crippen molar-refractivity contribution in [2.75, 3.05) is 0 Å². The van der Waals surface area contributed by atoms with E-state index in [1.807, 2.05) is 6.07 Å². The number of ether oxygens (including phenoxy) is 1. The molecule has 6 heteroatoms. The van der Waals surface area contributed by atoms with E-state index in [4.69, 9.17) is 10.00 Å². The number of rotatable bonds is 4. The van der Waals surface area contributed by atoms with Crippen molar-refractivity contribution in [3.05, 3.63) is 32.8 Å². The summed E-state index contributed by atoms with van der Waals surface area (Å²) in [7, 11) is 0. The second kappa shape index (κ2) is 5.47. The Kier molecular flexibility index (Phi) is 4.26. The fraction of sp³-hybridized carbons (Fsp3) is 0.300. The first kappa shape index (κ1) is 12.5. The molecule has 0 amide bonds. The summed E-state index contributed by atoms with van der Waals surface area (Å²) in [5.41, 5.74) is -0.0784. The SMILES string of the molecule is CCC(C#N)Oc1cccc([N+](=O)[O-])c1Br. The minimum atomic E-state index is -0.599. The van der Waals surface area contributed by atoms with Crippen LogP contribution >= 0.6 is 15.9 Å². The van der Waals surface area contributed by atoms with Gasteiger partial charge in [0.1, 0.15) is 16.3 Å². The molecule has 1 aromatic rings. The number of nitrogens with zero attached hydrogens (tertiary/aromatic N) is 2. The van der Waals surface area contributed by atoms with Crippen LogP contribution in [-0.4, -0.2) is 11.0 Å². The van der Waals surface area contributed by atoms with Gasteiger partial charge in [0.25, 0.3) is 5.69 Å². The van der Waals surface area contributed by atoms with Crippen molar-refractivity contribution in [3.8, 4) is 11.8 Å². The number of benzene rings is 1. The summed E-state index contributed by atoms with van der Waals surface area (Å²) in [4.78, 5) is 10.1. The minimum Gasteiger partial charge on any atom is -0.474 e. The monoisotopic (exact) mass is 284 g/mol. The Labute approximate surface area is 101 Å². The standard InChI is InChI=1S/C10H9BrN2O3/c1-2-7(6-12)16-9-5-3-4-8(10(9)11)13(14)15/h3-5,7H,2H2,1H3. The number of halogens is 1. The lowest BCUT2D eigenvalue weighted by atomic mass is 10.3. The highest BCUT2D eigenvalue weighted by atomic mass is 79.9. The molecule has 0 aliphatic rings. The first-order valence-electron chi connectivity index (χ1n) is 4.59. The largest absolute Gasteiger partial charge is 0.474 e. The van der Waals surface area contributed by atoms with Crippen LogP contribution in [0.2, 0.25) is 0 Å². The molecule has 0 spiro atoms. The molecule has 0 N–H and O–H groups in total. The van der Waals surface area contributed by atoms with E-state index >= 15 is 0 Å². The van der Waals surface area contributed by atoms with Crippen molar-refractivity contribution >= 4 is 21.6 Å². The number of nitriles is 1. The van der Waals surface area contributed by atoms with Gasteiger partial charge in [0.2, 0.25) is 0 Å². The smallest absolute Gasteiger partial charge is 0.287 e. The van der Waals surface area contributed by atoms with Crippen LogP contribution in [0.1, 0.15) is 13.3 Å². The molecule has 1 rings (SSSR count). The summed E-state index contributed by atoms with van der Waals surface area (Å²) < 4.78 is 5.58. The molecular weight excluding hydrogens is 276 g/mol. The summed E-state index contributed by atoms with van der Waals surface area (Å²) in [5.74, 6) is 0.308. The second-order valence-corrected chi connectivity index (χ2v) is 3.78. The highest BCUT2D eigenvalue weighted by Crippen LogP contribution is 2.34. The summed E-state index contributed by atoms with van der Waals surface area (Å²) in [5, 5.41) is 19.4. The Hall–Kier alpha value is -1.61. The summed E-state index contributed by atoms with van der Waals surface area (Å²) in [6.07, 6.45) is -0.0793. The van der Waals surface area contributed by atoms with Crippen molar-refractivity contribution in [3.63, 3.8) is 0 Å². The Morgan fingerprint density at radius 3 is 2.88 bits per heavy atom. The van der Waals surface area contributed by atoms with E-state index in [1.54, 1.807) is 13.0 Å². The fourth-order valence-electron chi connectivity index (χ4n) is 1.09. The van der Waals surface area contributed by atoms with E-state index < -0.39 is 11.0 Å². The quantitative estimate of drug-likeness (QED) is 0.629. The maximum atomic E-state index is 10.7. The number of hydrogen-bond acceptors (Lipinski definition) is 4. The topological polar surface area (TPSA) is 76.2 Å². The molecular formula is C10H9BrN2O3. The van der Waals surface area contributed by atoms with E-state index in [9.17, 15) is 10.1 Å². The molecule has 1 atom stereocenters. The van der Waals surface area contributed by atoms with Gasteiger partial charge in [-0.25, -0.2) is 0 Å². The zero-order chi connectivity index (χ0) is 12.1. The molecule has 0 aliphatic heterocycles. The number of hydrogen-bond donors (Lipinski definition) is 0. The van der Waals surface area contributed by atoms with Crippen molar-refractivity contribution in [1.82, 2.24) is 0 Å². The highest BCUT2D eigenvalue weighted by Gasteiger charge is 2.17. The number of nitro groups is 1. The minimum absolute atomic E-state index is 0.0784. The highest BCUT2D eigenvalue weighted by molar-refractivity contribution is 9.10. The van der Waals surface area contributed by atoms with E-state index in [2.05, 4.69) is 15.9 Å². The van der Waals surface area contributed by atoms with Crippen molar-refractivity contribution in [2.45, 2.75) is 19.4 Å². The molecule has 0 bridgehead atoms. The Balaban J connectivity index is 3.02. The van der Waals surface area contributed by atoms with E-state index in [0.717, 1.165) is 0 Å². The van der Waals surface area contributed by atoms with Gasteiger partial charge in [-0.15, -0.1) is 0 Å². The predicted octanol–water partition coefficient (Wildman–Crippen LogP) is 3.04. The molecule has 0 saturated carbocycles. The zero-order valence-electron chi connectivity index (χ0n) is 8.51. The first-order chi connectivity index (χ1) is 7.60. The second-order valence-electron chi connectivity index (χ2n) is 2.99. The van der Waals surface area contributed by atoms with Crippen LogP contribution in [0.5, 0.6) is 5.75 Å². The zero-order valence-corrected chi connectivity index (χ0v) is 10.1. The van der Waals surface area contributed by atoms with Gasteiger partial charge in [0, 0.05) is 6.07 Å². The Bertz CT molecular complexity index is 442. The van der Waals surface area contributed by atoms with Crippen LogP contribution in [-0.2, 0) is 0 Å². The molecule has 1 aromatic carbocycles. The molecule has 16 heavy (non-hydrogen) atoms. The third-order valence-electron chi connectivity index (χ3n) is 1.92. The Morgan fingerprint density at radius 2 is 2.38 bits per heavy atom. The predicted molar refractivity (Wildman–Crippen MR) is 61.1 cm³/mol. The molecule has 0 fully saturated rings. The van der Waals surface area contributed by atoms with Crippen LogP contribution in [0.4, 0.5) is 5.69 Å². The summed E-state index contributed by atoms with van der Waals surface area (Å²) >= 11 is 3.09. The molecule has 1 unspecified atom stereocenters. The van der Waals surface area contributed by atoms with Crippen LogP contribution < -0.4 is 4.74 Å². The maximum Gasteiger partial charge on any atom is 0.287 e. The lowest BCUT2D eigenvalue weighted by Crippen LogP contribution is -2.12. The average molecular weight is 285 g/mol. The van der Waals surface area contributed by atoms with Crippen LogP contribution in [0, 0.1) is 21.4 Å². The molecule has 0 radical (unpaired) electrons. The van der Waals surface area contributed by atoms with Gasteiger partial charge in [-0.1, -0.05) is 13.0 Å². The number of nitro benzene ring substituents is 1. The van der Waals surface area contributed by atoms with Crippen LogP contribution in [0.15, 0.2) is 22.7 Å². The summed E-state index contributed by atoms with van der Waals surface area (Å²) in [6, 6.07) is 6.43. The molecule has 0 heterocycles. The van der Waals surface area contributed by atoms with Crippen molar-refractivity contribution < 1.29 is 9.66 Å². The molecule has 0 saturated heterocycles. The van der Waals surface area contributed by atoms with Crippen LogP contribution in [0.3, 0.4) is 0 Å². The maximum absolute atomic E-state index is 10.7. The summed E-state index contributed by atoms with van der Waals surface area (Å²) in [6.45, 7) is 1.80. The van der Waals surface area contributed by atoms with Crippen molar-refractivity contribution in [1.29, 1.82) is 5.26 Å². The van der Waals surface area contributed by atoms with Crippen molar-refractivity contribution in [2.24, 2.45) is 0 Å². The molecule has 5 nitrogen and oxygen atoms in total. The normalized spacial score (nSPS) is 11.6. The van der Waals surface area contributed by atoms with E-state index in [0.29, 0.717) is 12.2 Å². The van der Waals surface area contributed by atoms with Gasteiger partial charge in [-0.05, 0) is 28.4 Å². The van der Waals surface area contributed by atoms with Crippen LogP contribution in [0.25, 0.3) is 0 Å². The van der Waals surface area contributed by atoms with Gasteiger partial charge in [-0.2, -0.15) is 5.26 Å². The van der Waals surface area contributed by atoms with E-state index in [1.165, 1.54) is 12.1 Å². The molecule has 0 aliphatic carbocycles. The van der Waals surface area contributed by atoms with Gasteiger partial charge < -0.3 is 4.74 Å². The Morgan fingerprint density at radius 1 is 1.69 bits per heavy atom. The lowest BCUT2D eigenvalue weighted by molar-refractivity contribution is -0.385. The lowest BCUT2D eigenvalue weighted by Gasteiger charge is -2.11. The fourth-order valence-corrected chi connectivity index (χ4v) is 1.59. The van der Waals surface area contributed by atoms with Gasteiger partial charge in [0.05, 0.1) is 4.92 Å². The molecule has 84 valence electrons. The third-order valence-corrected chi connectivity index (χ3v) is 2.72. The van der Waals surface area contributed by atoms with Gasteiger partial charge in [-0.3, -0.25) is 10.1 Å². The first-order valence-corrected chi connectivity index (χ1v) is 5.38. The van der Waals surface area contributed by atoms with E-state index in [-0.39, 0.29) is 10.2 Å². The van der Waals surface area contributed by atoms with Gasteiger partial charge >= 0.3 is 0 Å². The van der Waals surface area contributed by atoms with Gasteiger partial charge in [0.15, 0.2) is 6.10 Å². The third kappa shape index (κ3) is 2.70. The molecule has 0 aromatic heterocycles. The average Bonchev–Trinajstić information content (AvgIpc) is 2.27.